The van der Waals surface area contributed by atoms with Crippen LogP contribution in [0.3, 0.4) is 0 Å². The third-order valence-electron chi connectivity index (χ3n) is 4.25. The van der Waals surface area contributed by atoms with Crippen LogP contribution in [0.1, 0.15) is 12.0 Å². The molecule has 1 heterocycles. The summed E-state index contributed by atoms with van der Waals surface area (Å²) in [5, 5.41) is 12.6. The van der Waals surface area contributed by atoms with Gasteiger partial charge < -0.3 is 15.3 Å². The van der Waals surface area contributed by atoms with Gasteiger partial charge in [-0.1, -0.05) is 36.4 Å². The van der Waals surface area contributed by atoms with Gasteiger partial charge in [0.1, 0.15) is 5.75 Å². The lowest BCUT2D eigenvalue weighted by atomic mass is 10.1. The number of amides is 2. The van der Waals surface area contributed by atoms with Crippen LogP contribution in [0.4, 0.5) is 5.69 Å². The Hall–Kier alpha value is -2.82. The molecular formula is C19H20N2O3. The first kappa shape index (κ1) is 16.1. The second kappa shape index (κ2) is 7.17. The van der Waals surface area contributed by atoms with Crippen molar-refractivity contribution in [1.29, 1.82) is 0 Å². The fourth-order valence-electron chi connectivity index (χ4n) is 2.93. The number of anilines is 1. The second-order valence-corrected chi connectivity index (χ2v) is 5.91. The van der Waals surface area contributed by atoms with Crippen LogP contribution in [0.5, 0.6) is 5.75 Å². The minimum Gasteiger partial charge on any atom is -0.508 e. The van der Waals surface area contributed by atoms with Crippen molar-refractivity contribution in [2.75, 3.05) is 18.0 Å². The maximum atomic E-state index is 12.3. The first-order valence-electron chi connectivity index (χ1n) is 8.05. The highest BCUT2D eigenvalue weighted by atomic mass is 16.3. The van der Waals surface area contributed by atoms with Crippen LogP contribution >= 0.6 is 0 Å². The molecule has 0 aromatic heterocycles. The molecular weight excluding hydrogens is 304 g/mol. The number of para-hydroxylation sites is 2. The molecule has 24 heavy (non-hydrogen) atoms. The van der Waals surface area contributed by atoms with Crippen LogP contribution < -0.4 is 10.2 Å². The standard InChI is InChI=1S/C19H20N2O3/c22-17-9-5-4-6-14(17)10-11-20-19(24)15-12-18(23)21(13-15)16-7-2-1-3-8-16/h1-9,15,22H,10-13H2,(H,20,24). The van der Waals surface area contributed by atoms with Crippen LogP contribution in [0.15, 0.2) is 54.6 Å². The molecule has 2 aromatic carbocycles. The van der Waals surface area contributed by atoms with Gasteiger partial charge in [-0.2, -0.15) is 0 Å². The molecule has 2 N–H and O–H groups in total. The molecule has 5 heteroatoms. The normalized spacial score (nSPS) is 17.1. The van der Waals surface area contributed by atoms with Crippen LogP contribution in [0.2, 0.25) is 0 Å². The van der Waals surface area contributed by atoms with Crippen LogP contribution in [0, 0.1) is 5.92 Å². The minimum atomic E-state index is -0.331. The van der Waals surface area contributed by atoms with Gasteiger partial charge in [-0.15, -0.1) is 0 Å². The number of aromatic hydroxyl groups is 1. The summed E-state index contributed by atoms with van der Waals surface area (Å²) in [5.41, 5.74) is 1.62. The molecule has 5 nitrogen and oxygen atoms in total. The Morgan fingerprint density at radius 1 is 1.12 bits per heavy atom. The minimum absolute atomic E-state index is 0.0259. The predicted molar refractivity (Wildman–Crippen MR) is 91.7 cm³/mol. The molecule has 2 aromatic rings. The van der Waals surface area contributed by atoms with Gasteiger partial charge in [0.05, 0.1) is 5.92 Å². The molecule has 0 radical (unpaired) electrons. The van der Waals surface area contributed by atoms with E-state index in [4.69, 9.17) is 0 Å². The van der Waals surface area contributed by atoms with Crippen molar-refractivity contribution in [3.63, 3.8) is 0 Å². The Morgan fingerprint density at radius 3 is 2.58 bits per heavy atom. The number of rotatable bonds is 5. The smallest absolute Gasteiger partial charge is 0.227 e. The molecule has 0 spiro atoms. The molecule has 1 aliphatic rings. The first-order chi connectivity index (χ1) is 11.6. The van der Waals surface area contributed by atoms with Crippen molar-refractivity contribution in [3.8, 4) is 5.75 Å². The maximum Gasteiger partial charge on any atom is 0.227 e. The zero-order chi connectivity index (χ0) is 16.9. The van der Waals surface area contributed by atoms with E-state index in [0.717, 1.165) is 11.3 Å². The number of nitrogens with one attached hydrogen (secondary N) is 1. The van der Waals surface area contributed by atoms with Crippen molar-refractivity contribution in [1.82, 2.24) is 5.32 Å². The Kier molecular flexibility index (Phi) is 4.79. The highest BCUT2D eigenvalue weighted by Crippen LogP contribution is 2.24. The summed E-state index contributed by atoms with van der Waals surface area (Å²) in [5.74, 6) is -0.237. The Bertz CT molecular complexity index is 730. The van der Waals surface area contributed by atoms with Crippen LogP contribution in [-0.2, 0) is 16.0 Å². The van der Waals surface area contributed by atoms with E-state index in [1.807, 2.05) is 42.5 Å². The zero-order valence-electron chi connectivity index (χ0n) is 13.3. The summed E-state index contributed by atoms with van der Waals surface area (Å²) in [6.45, 7) is 0.845. The van der Waals surface area contributed by atoms with Crippen molar-refractivity contribution < 1.29 is 14.7 Å². The van der Waals surface area contributed by atoms with Gasteiger partial charge in [0.15, 0.2) is 0 Å². The number of phenols is 1. The van der Waals surface area contributed by atoms with Gasteiger partial charge in [-0.25, -0.2) is 0 Å². The molecule has 0 bridgehead atoms. The van der Waals surface area contributed by atoms with E-state index >= 15 is 0 Å². The van der Waals surface area contributed by atoms with Crippen molar-refractivity contribution in [3.05, 3.63) is 60.2 Å². The zero-order valence-corrected chi connectivity index (χ0v) is 13.3. The lowest BCUT2D eigenvalue weighted by molar-refractivity contribution is -0.126. The molecule has 1 saturated heterocycles. The monoisotopic (exact) mass is 324 g/mol. The van der Waals surface area contributed by atoms with Crippen LogP contribution in [-0.4, -0.2) is 30.0 Å². The summed E-state index contributed by atoms with van der Waals surface area (Å²) in [6.07, 6.45) is 0.790. The number of phenolic OH excluding ortho intramolecular Hbond substituents is 1. The SMILES string of the molecule is O=C(NCCc1ccccc1O)C1CC(=O)N(c2ccccc2)C1. The highest BCUT2D eigenvalue weighted by Gasteiger charge is 2.34. The molecule has 0 saturated carbocycles. The van der Waals surface area contributed by atoms with Gasteiger partial charge in [0.25, 0.3) is 0 Å². The number of benzene rings is 2. The molecule has 3 rings (SSSR count). The van der Waals surface area contributed by atoms with Gasteiger partial charge in [0.2, 0.25) is 11.8 Å². The Balaban J connectivity index is 1.53. The summed E-state index contributed by atoms with van der Waals surface area (Å²) in [4.78, 5) is 26.1. The molecule has 1 aliphatic heterocycles. The lowest BCUT2D eigenvalue weighted by Gasteiger charge is -2.16. The number of carbonyl (C=O) groups excluding carboxylic acids is 2. The average Bonchev–Trinajstić information content (AvgIpc) is 2.99. The van der Waals surface area contributed by atoms with Gasteiger partial charge in [-0.05, 0) is 30.2 Å². The van der Waals surface area contributed by atoms with Gasteiger partial charge in [-0.3, -0.25) is 9.59 Å². The van der Waals surface area contributed by atoms with E-state index in [0.29, 0.717) is 19.5 Å². The topological polar surface area (TPSA) is 69.6 Å². The summed E-state index contributed by atoms with van der Waals surface area (Å²) >= 11 is 0. The fourth-order valence-corrected chi connectivity index (χ4v) is 2.93. The average molecular weight is 324 g/mol. The predicted octanol–water partition coefficient (Wildman–Crippen LogP) is 2.10. The fraction of sp³-hybridized carbons (Fsp3) is 0.263. The summed E-state index contributed by atoms with van der Waals surface area (Å²) < 4.78 is 0. The highest BCUT2D eigenvalue weighted by molar-refractivity contribution is 6.00. The quantitative estimate of drug-likeness (QED) is 0.885. The van der Waals surface area contributed by atoms with E-state index in [1.54, 1.807) is 17.0 Å². The van der Waals surface area contributed by atoms with Crippen molar-refractivity contribution >= 4 is 17.5 Å². The van der Waals surface area contributed by atoms with Gasteiger partial charge in [0, 0.05) is 25.2 Å². The summed E-state index contributed by atoms with van der Waals surface area (Å²) in [7, 11) is 0. The molecule has 0 aliphatic carbocycles. The Morgan fingerprint density at radius 2 is 1.83 bits per heavy atom. The van der Waals surface area contributed by atoms with Gasteiger partial charge >= 0.3 is 0 Å². The van der Waals surface area contributed by atoms with E-state index in [-0.39, 0.29) is 29.9 Å². The van der Waals surface area contributed by atoms with E-state index < -0.39 is 0 Å². The lowest BCUT2D eigenvalue weighted by Crippen LogP contribution is -2.34. The molecule has 124 valence electrons. The molecule has 1 fully saturated rings. The third-order valence-corrected chi connectivity index (χ3v) is 4.25. The van der Waals surface area contributed by atoms with E-state index in [1.165, 1.54) is 0 Å². The van der Waals surface area contributed by atoms with E-state index in [2.05, 4.69) is 5.32 Å². The number of hydrogen-bond acceptors (Lipinski definition) is 3. The summed E-state index contributed by atoms with van der Waals surface area (Å²) in [6, 6.07) is 16.5. The van der Waals surface area contributed by atoms with E-state index in [9.17, 15) is 14.7 Å². The maximum absolute atomic E-state index is 12.3. The second-order valence-electron chi connectivity index (χ2n) is 5.91. The first-order valence-corrected chi connectivity index (χ1v) is 8.05. The number of carbonyl (C=O) groups is 2. The molecule has 2 amide bonds. The largest absolute Gasteiger partial charge is 0.508 e. The Labute approximate surface area is 140 Å². The number of hydrogen-bond donors (Lipinski definition) is 2. The molecule has 1 unspecified atom stereocenters. The van der Waals surface area contributed by atoms with Crippen molar-refractivity contribution in [2.45, 2.75) is 12.8 Å². The third kappa shape index (κ3) is 3.56. The van der Waals surface area contributed by atoms with Crippen molar-refractivity contribution in [2.24, 2.45) is 5.92 Å². The number of nitrogens with zero attached hydrogens (tertiary/aromatic N) is 1. The van der Waals surface area contributed by atoms with Crippen LogP contribution in [0.25, 0.3) is 0 Å². The molecule has 1 atom stereocenters.